The number of nitrogens with zero attached hydrogens (tertiary/aromatic N) is 2. The van der Waals surface area contributed by atoms with Gasteiger partial charge in [0.05, 0.1) is 23.3 Å². The lowest BCUT2D eigenvalue weighted by atomic mass is 10.1. The fourth-order valence-electron chi connectivity index (χ4n) is 2.59. The number of benzene rings is 3. The van der Waals surface area contributed by atoms with Crippen LogP contribution in [0.5, 0.6) is 0 Å². The average Bonchev–Trinajstić information content (AvgIpc) is 2.82. The summed E-state index contributed by atoms with van der Waals surface area (Å²) in [5.41, 5.74) is 6.71. The van der Waals surface area contributed by atoms with Gasteiger partial charge >= 0.3 is 0 Å². The van der Waals surface area contributed by atoms with Gasteiger partial charge in [0.25, 0.3) is 17.7 Å². The number of hydrogen-bond acceptors (Lipinski definition) is 5. The Morgan fingerprint density at radius 1 is 0.613 bits per heavy atom. The molecule has 3 N–H and O–H groups in total. The molecule has 0 bridgehead atoms. The average molecular weight is 409 g/mol. The van der Waals surface area contributed by atoms with Crippen molar-refractivity contribution in [2.75, 3.05) is 5.32 Å². The van der Waals surface area contributed by atoms with E-state index in [9.17, 15) is 14.4 Å². The monoisotopic (exact) mass is 409 g/mol. The maximum atomic E-state index is 12.3. The predicted octanol–water partition coefficient (Wildman–Crippen LogP) is 2.76. The summed E-state index contributed by atoms with van der Waals surface area (Å²) < 4.78 is 0. The van der Waals surface area contributed by atoms with Gasteiger partial charge in [0.15, 0.2) is 0 Å². The second-order valence-corrected chi connectivity index (χ2v) is 6.32. The molecule has 8 heteroatoms. The van der Waals surface area contributed by atoms with Crippen LogP contribution in [-0.2, 0) is 0 Å². The predicted molar refractivity (Wildman–Crippen MR) is 112 cm³/mol. The van der Waals surface area contributed by atoms with E-state index in [0.29, 0.717) is 22.4 Å². The molecule has 0 unspecified atom stereocenters. The summed E-state index contributed by atoms with van der Waals surface area (Å²) in [4.78, 5) is 36.8. The summed E-state index contributed by atoms with van der Waals surface area (Å²) in [6, 6.07) is 22.2. The zero-order valence-electron chi connectivity index (χ0n) is 16.0. The van der Waals surface area contributed by atoms with Crippen LogP contribution in [0.15, 0.2) is 72.8 Å². The van der Waals surface area contributed by atoms with Crippen molar-refractivity contribution in [1.29, 1.82) is 10.5 Å². The van der Waals surface area contributed by atoms with Crippen LogP contribution in [0.25, 0.3) is 0 Å². The molecule has 0 aromatic heterocycles. The maximum Gasteiger partial charge on any atom is 0.269 e. The van der Waals surface area contributed by atoms with Crippen molar-refractivity contribution >= 4 is 23.4 Å². The molecule has 0 aliphatic rings. The molecule has 0 aliphatic carbocycles. The normalized spacial score (nSPS) is 9.61. The smallest absolute Gasteiger partial charge is 0.269 e. The first kappa shape index (κ1) is 20.8. The number of carbonyl (C=O) groups excluding carboxylic acids is 3. The Morgan fingerprint density at radius 3 is 1.61 bits per heavy atom. The van der Waals surface area contributed by atoms with Gasteiger partial charge in [-0.1, -0.05) is 6.07 Å². The maximum absolute atomic E-state index is 12.3. The minimum Gasteiger partial charge on any atom is -0.322 e. The standard InChI is InChI=1S/C23H15N5O3/c24-13-15-4-8-17(9-5-15)21(29)26-20-3-1-2-19(12-20)23(31)28-27-22(30)18-10-6-16(14-25)7-11-18/h1-12H,(H,26,29)(H,27,30)(H,28,31). The molecule has 0 saturated carbocycles. The summed E-state index contributed by atoms with van der Waals surface area (Å²) >= 11 is 0. The molecule has 3 aromatic rings. The van der Waals surface area contributed by atoms with Gasteiger partial charge in [-0.2, -0.15) is 10.5 Å². The fourth-order valence-corrected chi connectivity index (χ4v) is 2.59. The van der Waals surface area contributed by atoms with Gasteiger partial charge in [0.1, 0.15) is 0 Å². The molecule has 0 atom stereocenters. The number of hydrazine groups is 1. The third-order valence-electron chi connectivity index (χ3n) is 4.22. The van der Waals surface area contributed by atoms with Crippen molar-refractivity contribution < 1.29 is 14.4 Å². The number of anilines is 1. The van der Waals surface area contributed by atoms with E-state index in [1.807, 2.05) is 12.1 Å². The Hall–Kier alpha value is -4.95. The van der Waals surface area contributed by atoms with E-state index in [2.05, 4.69) is 16.2 Å². The quantitative estimate of drug-likeness (QED) is 0.570. The topological polar surface area (TPSA) is 135 Å². The van der Waals surface area contributed by atoms with Gasteiger partial charge in [-0.3, -0.25) is 25.2 Å². The lowest BCUT2D eigenvalue weighted by Crippen LogP contribution is -2.41. The Morgan fingerprint density at radius 2 is 1.10 bits per heavy atom. The number of carbonyl (C=O) groups is 3. The summed E-state index contributed by atoms with van der Waals surface area (Å²) in [5, 5.41) is 20.3. The summed E-state index contributed by atoms with van der Waals surface area (Å²) in [5.74, 6) is -1.50. The molecule has 0 fully saturated rings. The highest BCUT2D eigenvalue weighted by Crippen LogP contribution is 2.13. The molecule has 150 valence electrons. The van der Waals surface area contributed by atoms with E-state index >= 15 is 0 Å². The third-order valence-corrected chi connectivity index (χ3v) is 4.22. The Labute approximate surface area is 177 Å². The first-order chi connectivity index (χ1) is 15.0. The highest BCUT2D eigenvalue weighted by atomic mass is 16.2. The summed E-state index contributed by atoms with van der Waals surface area (Å²) in [7, 11) is 0. The third kappa shape index (κ3) is 5.31. The van der Waals surface area contributed by atoms with E-state index in [1.54, 1.807) is 12.1 Å². The summed E-state index contributed by atoms with van der Waals surface area (Å²) in [6.07, 6.45) is 0. The van der Waals surface area contributed by atoms with Gasteiger partial charge in [0.2, 0.25) is 0 Å². The molecular formula is C23H15N5O3. The van der Waals surface area contributed by atoms with E-state index in [-0.39, 0.29) is 11.1 Å². The van der Waals surface area contributed by atoms with Crippen LogP contribution >= 0.6 is 0 Å². The van der Waals surface area contributed by atoms with Crippen LogP contribution < -0.4 is 16.2 Å². The van der Waals surface area contributed by atoms with Crippen molar-refractivity contribution in [3.63, 3.8) is 0 Å². The largest absolute Gasteiger partial charge is 0.322 e. The molecule has 0 spiro atoms. The van der Waals surface area contributed by atoms with Crippen LogP contribution in [-0.4, -0.2) is 17.7 Å². The van der Waals surface area contributed by atoms with E-state index < -0.39 is 17.7 Å². The number of hydrogen-bond donors (Lipinski definition) is 3. The Balaban J connectivity index is 1.61. The van der Waals surface area contributed by atoms with Crippen molar-refractivity contribution in [1.82, 2.24) is 10.9 Å². The van der Waals surface area contributed by atoms with E-state index in [4.69, 9.17) is 10.5 Å². The second kappa shape index (κ2) is 9.50. The highest BCUT2D eigenvalue weighted by Gasteiger charge is 2.11. The molecule has 31 heavy (non-hydrogen) atoms. The minimum atomic E-state index is -0.573. The van der Waals surface area contributed by atoms with E-state index in [1.165, 1.54) is 60.7 Å². The Kier molecular flexibility index (Phi) is 6.37. The molecule has 8 nitrogen and oxygen atoms in total. The van der Waals surface area contributed by atoms with Gasteiger partial charge in [-0.15, -0.1) is 0 Å². The van der Waals surface area contributed by atoms with Crippen LogP contribution in [0.4, 0.5) is 5.69 Å². The van der Waals surface area contributed by atoms with Crippen LogP contribution in [0.1, 0.15) is 42.2 Å². The first-order valence-corrected chi connectivity index (χ1v) is 9.02. The molecule has 0 heterocycles. The van der Waals surface area contributed by atoms with Gasteiger partial charge < -0.3 is 5.32 Å². The zero-order chi connectivity index (χ0) is 22.2. The molecular weight excluding hydrogens is 394 g/mol. The fraction of sp³-hybridized carbons (Fsp3) is 0. The van der Waals surface area contributed by atoms with Gasteiger partial charge in [0, 0.05) is 22.4 Å². The van der Waals surface area contributed by atoms with Crippen LogP contribution in [0.2, 0.25) is 0 Å². The number of amides is 3. The summed E-state index contributed by atoms with van der Waals surface area (Å²) in [6.45, 7) is 0. The van der Waals surface area contributed by atoms with E-state index in [0.717, 1.165) is 0 Å². The minimum absolute atomic E-state index is 0.220. The van der Waals surface area contributed by atoms with Crippen LogP contribution in [0.3, 0.4) is 0 Å². The molecule has 0 saturated heterocycles. The van der Waals surface area contributed by atoms with Gasteiger partial charge in [-0.05, 0) is 66.7 Å². The molecule has 3 aromatic carbocycles. The number of nitrogens with one attached hydrogen (secondary N) is 3. The second-order valence-electron chi connectivity index (χ2n) is 6.32. The van der Waals surface area contributed by atoms with Crippen LogP contribution in [0, 0.1) is 22.7 Å². The number of nitriles is 2. The Bertz CT molecular complexity index is 1220. The van der Waals surface area contributed by atoms with Crippen molar-refractivity contribution in [3.05, 3.63) is 101 Å². The molecule has 3 rings (SSSR count). The number of rotatable bonds is 4. The van der Waals surface area contributed by atoms with Crippen molar-refractivity contribution in [2.45, 2.75) is 0 Å². The molecule has 0 aliphatic heterocycles. The first-order valence-electron chi connectivity index (χ1n) is 9.02. The van der Waals surface area contributed by atoms with Crippen molar-refractivity contribution in [2.24, 2.45) is 0 Å². The lowest BCUT2D eigenvalue weighted by Gasteiger charge is -2.10. The SMILES string of the molecule is N#Cc1ccc(C(=O)NNC(=O)c2cccc(NC(=O)c3ccc(C#N)cc3)c2)cc1. The highest BCUT2D eigenvalue weighted by molar-refractivity contribution is 6.05. The lowest BCUT2D eigenvalue weighted by molar-refractivity contribution is 0.0846. The molecule has 3 amide bonds. The van der Waals surface area contributed by atoms with Gasteiger partial charge in [-0.25, -0.2) is 0 Å². The zero-order valence-corrected chi connectivity index (χ0v) is 16.0. The molecule has 0 radical (unpaired) electrons. The van der Waals surface area contributed by atoms with Crippen molar-refractivity contribution in [3.8, 4) is 12.1 Å².